The predicted octanol–water partition coefficient (Wildman–Crippen LogP) is 1.97. The van der Waals surface area contributed by atoms with E-state index in [9.17, 15) is 9.59 Å². The lowest BCUT2D eigenvalue weighted by molar-refractivity contribution is -0.119. The van der Waals surface area contributed by atoms with Gasteiger partial charge in [0, 0.05) is 18.9 Å². The Labute approximate surface area is 128 Å². The molecule has 0 saturated carbocycles. The van der Waals surface area contributed by atoms with Gasteiger partial charge in [-0.05, 0) is 25.3 Å². The topological polar surface area (TPSA) is 76.7 Å². The number of benzene rings is 1. The van der Waals surface area contributed by atoms with Gasteiger partial charge in [0.1, 0.15) is 12.4 Å². The van der Waals surface area contributed by atoms with Crippen LogP contribution in [0.2, 0.25) is 0 Å². The summed E-state index contributed by atoms with van der Waals surface area (Å²) in [6.07, 6.45) is 1.87. The lowest BCUT2D eigenvalue weighted by atomic mass is 10.2. The number of hydrogen-bond donors (Lipinski definition) is 2. The SMILES string of the molecule is COCC(=O)Nc1ccc(NC(=O)C(C)SC)cc1OC. The lowest BCUT2D eigenvalue weighted by Crippen LogP contribution is -2.22. The summed E-state index contributed by atoms with van der Waals surface area (Å²) in [5.41, 5.74) is 1.14. The molecule has 0 saturated heterocycles. The first-order chi connectivity index (χ1) is 10.0. The zero-order valence-corrected chi connectivity index (χ0v) is 13.4. The van der Waals surface area contributed by atoms with Crippen molar-refractivity contribution in [3.8, 4) is 5.75 Å². The van der Waals surface area contributed by atoms with Crippen molar-refractivity contribution in [2.24, 2.45) is 0 Å². The second-order valence-corrected chi connectivity index (χ2v) is 5.44. The summed E-state index contributed by atoms with van der Waals surface area (Å²) < 4.78 is 9.97. The molecule has 116 valence electrons. The molecule has 1 aromatic rings. The van der Waals surface area contributed by atoms with Crippen LogP contribution in [0.3, 0.4) is 0 Å². The Morgan fingerprint density at radius 2 is 2.00 bits per heavy atom. The first-order valence-corrected chi connectivity index (χ1v) is 7.61. The summed E-state index contributed by atoms with van der Waals surface area (Å²) in [6.45, 7) is 1.80. The minimum absolute atomic E-state index is 0.0348. The molecule has 1 rings (SSSR count). The molecule has 0 fully saturated rings. The second kappa shape index (κ2) is 8.53. The first kappa shape index (κ1) is 17.3. The molecule has 0 heterocycles. The lowest BCUT2D eigenvalue weighted by Gasteiger charge is -2.14. The molecule has 0 spiro atoms. The van der Waals surface area contributed by atoms with Crippen LogP contribution in [0.1, 0.15) is 6.92 Å². The summed E-state index contributed by atoms with van der Waals surface area (Å²) in [6, 6.07) is 5.04. The van der Waals surface area contributed by atoms with Gasteiger partial charge in [-0.15, -0.1) is 0 Å². The van der Waals surface area contributed by atoms with Gasteiger partial charge in [0.2, 0.25) is 11.8 Å². The van der Waals surface area contributed by atoms with Gasteiger partial charge in [0.15, 0.2) is 0 Å². The zero-order valence-electron chi connectivity index (χ0n) is 12.6. The minimum Gasteiger partial charge on any atom is -0.494 e. The Kier molecular flexibility index (Phi) is 7.04. The molecule has 0 aliphatic heterocycles. The maximum absolute atomic E-state index is 11.8. The highest BCUT2D eigenvalue weighted by Crippen LogP contribution is 2.28. The van der Waals surface area contributed by atoms with Crippen LogP contribution in [0.15, 0.2) is 18.2 Å². The molecule has 1 unspecified atom stereocenters. The van der Waals surface area contributed by atoms with Crippen LogP contribution < -0.4 is 15.4 Å². The molecule has 1 atom stereocenters. The molecule has 21 heavy (non-hydrogen) atoms. The zero-order chi connectivity index (χ0) is 15.8. The van der Waals surface area contributed by atoms with Crippen molar-refractivity contribution in [1.82, 2.24) is 0 Å². The molecule has 0 radical (unpaired) electrons. The Morgan fingerprint density at radius 1 is 1.29 bits per heavy atom. The molecule has 0 aliphatic rings. The highest BCUT2D eigenvalue weighted by atomic mass is 32.2. The van der Waals surface area contributed by atoms with Crippen LogP contribution >= 0.6 is 11.8 Å². The van der Waals surface area contributed by atoms with Crippen molar-refractivity contribution in [3.63, 3.8) is 0 Å². The fourth-order valence-corrected chi connectivity index (χ4v) is 1.81. The number of rotatable bonds is 7. The van der Waals surface area contributed by atoms with Crippen LogP contribution in [-0.2, 0) is 14.3 Å². The molecular weight excluding hydrogens is 292 g/mol. The molecule has 7 heteroatoms. The Hall–Kier alpha value is -1.73. The first-order valence-electron chi connectivity index (χ1n) is 6.32. The Bertz CT molecular complexity index is 508. The van der Waals surface area contributed by atoms with E-state index in [0.29, 0.717) is 17.1 Å². The average Bonchev–Trinajstić information content (AvgIpc) is 2.48. The smallest absolute Gasteiger partial charge is 0.250 e. The molecule has 0 aromatic heterocycles. The van der Waals surface area contributed by atoms with Crippen LogP contribution in [0, 0.1) is 0 Å². The van der Waals surface area contributed by atoms with Crippen LogP contribution in [-0.4, -0.2) is 44.1 Å². The number of methoxy groups -OCH3 is 2. The summed E-state index contributed by atoms with van der Waals surface area (Å²) >= 11 is 1.46. The number of carbonyl (C=O) groups excluding carboxylic acids is 2. The molecule has 2 amide bonds. The monoisotopic (exact) mass is 312 g/mol. The van der Waals surface area contributed by atoms with Crippen molar-refractivity contribution >= 4 is 35.0 Å². The van der Waals surface area contributed by atoms with E-state index in [2.05, 4.69) is 10.6 Å². The van der Waals surface area contributed by atoms with E-state index in [0.717, 1.165) is 0 Å². The number of amides is 2. The third-order valence-corrected chi connectivity index (χ3v) is 3.66. The van der Waals surface area contributed by atoms with Gasteiger partial charge in [-0.1, -0.05) is 0 Å². The summed E-state index contributed by atoms with van der Waals surface area (Å²) in [7, 11) is 2.94. The van der Waals surface area contributed by atoms with Crippen molar-refractivity contribution in [2.75, 3.05) is 37.7 Å². The number of anilines is 2. The van der Waals surface area contributed by atoms with Gasteiger partial charge >= 0.3 is 0 Å². The number of nitrogens with one attached hydrogen (secondary N) is 2. The van der Waals surface area contributed by atoms with Gasteiger partial charge in [0.05, 0.1) is 18.0 Å². The number of thioether (sulfide) groups is 1. The quantitative estimate of drug-likeness (QED) is 0.805. The largest absolute Gasteiger partial charge is 0.494 e. The second-order valence-electron chi connectivity index (χ2n) is 4.26. The van der Waals surface area contributed by atoms with Crippen LogP contribution in [0.25, 0.3) is 0 Å². The molecule has 2 N–H and O–H groups in total. The van der Waals surface area contributed by atoms with Crippen LogP contribution in [0.4, 0.5) is 11.4 Å². The third kappa shape index (κ3) is 5.28. The predicted molar refractivity (Wildman–Crippen MR) is 85.1 cm³/mol. The molecular formula is C14H20N2O4S. The van der Waals surface area contributed by atoms with E-state index >= 15 is 0 Å². The van der Waals surface area contributed by atoms with Gasteiger partial charge < -0.3 is 20.1 Å². The summed E-state index contributed by atoms with van der Waals surface area (Å²) in [5, 5.41) is 5.33. The van der Waals surface area contributed by atoms with Crippen molar-refractivity contribution in [1.29, 1.82) is 0 Å². The maximum atomic E-state index is 11.8. The Balaban J connectivity index is 2.83. The molecule has 0 aliphatic carbocycles. The fourth-order valence-electron chi connectivity index (χ4n) is 1.54. The van der Waals surface area contributed by atoms with Gasteiger partial charge in [-0.2, -0.15) is 11.8 Å². The van der Waals surface area contributed by atoms with Gasteiger partial charge in [-0.3, -0.25) is 9.59 Å². The number of ether oxygens (including phenoxy) is 2. The van der Waals surface area contributed by atoms with E-state index < -0.39 is 0 Å². The molecule has 6 nitrogen and oxygen atoms in total. The maximum Gasteiger partial charge on any atom is 0.250 e. The summed E-state index contributed by atoms with van der Waals surface area (Å²) in [4.78, 5) is 23.3. The van der Waals surface area contributed by atoms with Crippen LogP contribution in [0.5, 0.6) is 5.75 Å². The van der Waals surface area contributed by atoms with E-state index in [1.807, 2.05) is 13.2 Å². The van der Waals surface area contributed by atoms with Gasteiger partial charge in [-0.25, -0.2) is 0 Å². The fraction of sp³-hybridized carbons (Fsp3) is 0.429. The average molecular weight is 312 g/mol. The standard InChI is InChI=1S/C14H20N2O4S/c1-9(21-4)14(18)15-10-5-6-11(12(7-10)20-3)16-13(17)8-19-2/h5-7,9H,8H2,1-4H3,(H,15,18)(H,16,17). The van der Waals surface area contributed by atoms with E-state index in [-0.39, 0.29) is 23.7 Å². The van der Waals surface area contributed by atoms with E-state index in [1.54, 1.807) is 18.2 Å². The van der Waals surface area contributed by atoms with E-state index in [1.165, 1.54) is 26.0 Å². The Morgan fingerprint density at radius 3 is 2.57 bits per heavy atom. The third-order valence-electron chi connectivity index (χ3n) is 2.74. The normalized spacial score (nSPS) is 11.6. The highest BCUT2D eigenvalue weighted by Gasteiger charge is 2.13. The van der Waals surface area contributed by atoms with Crippen molar-refractivity contribution in [3.05, 3.63) is 18.2 Å². The summed E-state index contributed by atoms with van der Waals surface area (Å²) in [5.74, 6) is 0.110. The van der Waals surface area contributed by atoms with E-state index in [4.69, 9.17) is 9.47 Å². The minimum atomic E-state index is -0.274. The van der Waals surface area contributed by atoms with Crippen molar-refractivity contribution < 1.29 is 19.1 Å². The van der Waals surface area contributed by atoms with Gasteiger partial charge in [0.25, 0.3) is 0 Å². The van der Waals surface area contributed by atoms with Crippen molar-refractivity contribution in [2.45, 2.75) is 12.2 Å². The number of carbonyl (C=O) groups is 2. The highest BCUT2D eigenvalue weighted by molar-refractivity contribution is 7.99. The number of hydrogen-bond acceptors (Lipinski definition) is 5. The molecule has 0 bridgehead atoms. The molecule has 1 aromatic carbocycles.